The van der Waals surface area contributed by atoms with Crippen molar-refractivity contribution in [3.05, 3.63) is 0 Å². The maximum absolute atomic E-state index is 13.4. The van der Waals surface area contributed by atoms with Gasteiger partial charge in [-0.2, -0.15) is 12.6 Å². The first-order chi connectivity index (χ1) is 7.35. The molecule has 1 saturated carbocycles. The first-order valence-electron chi connectivity index (χ1n) is 5.90. The predicted octanol–water partition coefficient (Wildman–Crippen LogP) is 2.10. The number of hydrogen-bond donors (Lipinski definition) is 2. The zero-order valence-corrected chi connectivity index (χ0v) is 10.5. The molecule has 2 aliphatic rings. The molecule has 5 heteroatoms. The number of piperidine rings is 1. The number of halogens is 2. The molecule has 1 saturated heterocycles. The molecule has 0 bridgehead atoms. The van der Waals surface area contributed by atoms with Crippen LogP contribution in [0.4, 0.5) is 8.78 Å². The van der Waals surface area contributed by atoms with Gasteiger partial charge in [0.1, 0.15) is 0 Å². The quantitative estimate of drug-likeness (QED) is 0.698. The van der Waals surface area contributed by atoms with E-state index in [2.05, 4.69) is 17.5 Å². The molecule has 0 aromatic carbocycles. The molecule has 2 fully saturated rings. The highest BCUT2D eigenvalue weighted by Gasteiger charge is 2.55. The normalized spacial score (nSPS) is 35.4. The third kappa shape index (κ3) is 2.22. The Kier molecular flexibility index (Phi) is 3.23. The van der Waals surface area contributed by atoms with Gasteiger partial charge in [-0.1, -0.05) is 0 Å². The fraction of sp³-hybridized carbons (Fsp3) is 1.00. The number of rotatable bonds is 1. The summed E-state index contributed by atoms with van der Waals surface area (Å²) in [5.41, 5.74) is 5.61. The summed E-state index contributed by atoms with van der Waals surface area (Å²) in [5.74, 6) is -2.55. The fourth-order valence-electron chi connectivity index (χ4n) is 3.15. The van der Waals surface area contributed by atoms with Crippen molar-refractivity contribution in [2.75, 3.05) is 13.1 Å². The Morgan fingerprint density at radius 3 is 2.31 bits per heavy atom. The molecule has 1 unspecified atom stereocenters. The topological polar surface area (TPSA) is 29.3 Å². The molecule has 2 nitrogen and oxygen atoms in total. The van der Waals surface area contributed by atoms with E-state index in [1.165, 1.54) is 0 Å². The second-order valence-electron chi connectivity index (χ2n) is 5.37. The van der Waals surface area contributed by atoms with Crippen molar-refractivity contribution in [1.82, 2.24) is 4.90 Å². The molecular formula is C11H20F2N2S. The van der Waals surface area contributed by atoms with E-state index >= 15 is 0 Å². The summed E-state index contributed by atoms with van der Waals surface area (Å²) in [5, 5.41) is 0.204. The second-order valence-corrected chi connectivity index (χ2v) is 6.12. The molecule has 16 heavy (non-hydrogen) atoms. The van der Waals surface area contributed by atoms with Crippen LogP contribution in [0.5, 0.6) is 0 Å². The lowest BCUT2D eigenvalue weighted by atomic mass is 9.74. The van der Waals surface area contributed by atoms with Gasteiger partial charge in [-0.15, -0.1) is 0 Å². The summed E-state index contributed by atoms with van der Waals surface area (Å²) in [4.78, 5) is 2.22. The van der Waals surface area contributed by atoms with Crippen molar-refractivity contribution in [2.45, 2.75) is 49.9 Å². The summed E-state index contributed by atoms with van der Waals surface area (Å²) in [6, 6.07) is -0.333. The van der Waals surface area contributed by atoms with E-state index < -0.39 is 5.92 Å². The van der Waals surface area contributed by atoms with Crippen molar-refractivity contribution in [3.8, 4) is 0 Å². The Morgan fingerprint density at radius 1 is 1.38 bits per heavy atom. The first kappa shape index (κ1) is 12.6. The molecule has 1 aliphatic heterocycles. The highest BCUT2D eigenvalue weighted by atomic mass is 32.1. The summed E-state index contributed by atoms with van der Waals surface area (Å²) in [6.45, 7) is 3.70. The van der Waals surface area contributed by atoms with Crippen LogP contribution in [0.25, 0.3) is 0 Å². The molecule has 1 spiro atoms. The number of nitrogens with two attached hydrogens (primary N) is 1. The summed E-state index contributed by atoms with van der Waals surface area (Å²) >= 11 is 4.38. The van der Waals surface area contributed by atoms with Crippen molar-refractivity contribution < 1.29 is 8.78 Å². The zero-order chi connectivity index (χ0) is 12.0. The van der Waals surface area contributed by atoms with Gasteiger partial charge in [-0.05, 0) is 38.3 Å². The second kappa shape index (κ2) is 4.10. The van der Waals surface area contributed by atoms with Crippen LogP contribution in [0.2, 0.25) is 0 Å². The van der Waals surface area contributed by atoms with E-state index in [1.54, 1.807) is 0 Å². The van der Waals surface area contributed by atoms with Crippen molar-refractivity contribution in [3.63, 3.8) is 0 Å². The van der Waals surface area contributed by atoms with Gasteiger partial charge >= 0.3 is 0 Å². The van der Waals surface area contributed by atoms with Gasteiger partial charge in [0.2, 0.25) is 5.92 Å². The summed E-state index contributed by atoms with van der Waals surface area (Å²) in [7, 11) is 0. The average molecular weight is 250 g/mol. The smallest absolute Gasteiger partial charge is 0.250 e. The Morgan fingerprint density at radius 2 is 1.94 bits per heavy atom. The van der Waals surface area contributed by atoms with Gasteiger partial charge in [0.05, 0.1) is 0 Å². The highest BCUT2D eigenvalue weighted by molar-refractivity contribution is 7.80. The Labute approximate surface area is 101 Å². The van der Waals surface area contributed by atoms with Crippen LogP contribution in [0.1, 0.15) is 32.6 Å². The Hall–Kier alpha value is 0.130. The molecule has 0 amide bonds. The molecule has 1 heterocycles. The maximum Gasteiger partial charge on any atom is 0.250 e. The number of alkyl halides is 2. The van der Waals surface area contributed by atoms with Gasteiger partial charge in [0.25, 0.3) is 0 Å². The molecule has 2 rings (SSSR count). The lowest BCUT2D eigenvalue weighted by Gasteiger charge is -2.42. The van der Waals surface area contributed by atoms with Crippen LogP contribution in [0, 0.1) is 5.41 Å². The van der Waals surface area contributed by atoms with Crippen LogP contribution < -0.4 is 5.73 Å². The molecule has 1 aliphatic carbocycles. The van der Waals surface area contributed by atoms with Crippen LogP contribution in [0.3, 0.4) is 0 Å². The summed E-state index contributed by atoms with van der Waals surface area (Å²) < 4.78 is 26.7. The van der Waals surface area contributed by atoms with Gasteiger partial charge in [0.15, 0.2) is 0 Å². The predicted molar refractivity (Wildman–Crippen MR) is 63.8 cm³/mol. The van der Waals surface area contributed by atoms with Crippen LogP contribution in [-0.4, -0.2) is 35.3 Å². The molecule has 0 aromatic rings. The number of hydrogen-bond acceptors (Lipinski definition) is 3. The minimum Gasteiger partial charge on any atom is -0.327 e. The minimum atomic E-state index is -2.55. The molecule has 0 radical (unpaired) electrons. The Balaban J connectivity index is 2.02. The van der Waals surface area contributed by atoms with E-state index in [-0.39, 0.29) is 29.7 Å². The highest BCUT2D eigenvalue weighted by Crippen LogP contribution is 2.52. The van der Waals surface area contributed by atoms with Gasteiger partial charge in [0, 0.05) is 24.3 Å². The van der Waals surface area contributed by atoms with Crippen LogP contribution in [0.15, 0.2) is 0 Å². The van der Waals surface area contributed by atoms with Gasteiger partial charge < -0.3 is 5.73 Å². The lowest BCUT2D eigenvalue weighted by molar-refractivity contribution is -0.0137. The third-order valence-electron chi connectivity index (χ3n) is 4.24. The van der Waals surface area contributed by atoms with Crippen LogP contribution in [-0.2, 0) is 0 Å². The van der Waals surface area contributed by atoms with Gasteiger partial charge in [-0.25, -0.2) is 8.78 Å². The molecule has 0 aromatic heterocycles. The zero-order valence-electron chi connectivity index (χ0n) is 9.63. The Bertz CT molecular complexity index is 263. The molecule has 94 valence electrons. The van der Waals surface area contributed by atoms with Crippen molar-refractivity contribution in [1.29, 1.82) is 0 Å². The van der Waals surface area contributed by atoms with E-state index in [1.807, 2.05) is 6.92 Å². The molecule has 2 atom stereocenters. The molecule has 2 N–H and O–H groups in total. The summed E-state index contributed by atoms with van der Waals surface area (Å²) in [6.07, 6.45) is 1.42. The standard InChI is InChI=1S/C11H20F2N2S/c1-8(16)15-4-2-10(3-5-15)7-11(12,13)6-9(10)14/h8-9,16H,2-7,14H2,1H3/t8?,9-/m1/s1. The SMILES string of the molecule is CC(S)N1CCC2(CC1)CC(F)(F)C[C@H]2N. The lowest BCUT2D eigenvalue weighted by Crippen LogP contribution is -2.48. The van der Waals surface area contributed by atoms with Crippen LogP contribution >= 0.6 is 12.6 Å². The number of likely N-dealkylation sites (tertiary alicyclic amines) is 1. The number of thiol groups is 1. The van der Waals surface area contributed by atoms with E-state index in [4.69, 9.17) is 5.73 Å². The minimum absolute atomic E-state index is 0.0179. The largest absolute Gasteiger partial charge is 0.327 e. The van der Waals surface area contributed by atoms with Gasteiger partial charge in [-0.3, -0.25) is 4.90 Å². The third-order valence-corrected chi connectivity index (χ3v) is 4.56. The van der Waals surface area contributed by atoms with E-state index in [0.29, 0.717) is 0 Å². The van der Waals surface area contributed by atoms with E-state index in [9.17, 15) is 8.78 Å². The maximum atomic E-state index is 13.4. The van der Waals surface area contributed by atoms with Crippen molar-refractivity contribution in [2.24, 2.45) is 11.1 Å². The average Bonchev–Trinajstić information content (AvgIpc) is 2.37. The monoisotopic (exact) mass is 250 g/mol. The van der Waals surface area contributed by atoms with Crippen molar-refractivity contribution >= 4 is 12.6 Å². The fourth-order valence-corrected chi connectivity index (χ4v) is 3.38. The first-order valence-corrected chi connectivity index (χ1v) is 6.42. The van der Waals surface area contributed by atoms with E-state index in [0.717, 1.165) is 25.9 Å². The molecular weight excluding hydrogens is 230 g/mol. The number of nitrogens with zero attached hydrogens (tertiary/aromatic N) is 1.